The Morgan fingerprint density at radius 3 is 2.78 bits per heavy atom. The molecular formula is C22H32N4O6. The van der Waals surface area contributed by atoms with Gasteiger partial charge in [0, 0.05) is 38.0 Å². The number of benzene rings is 1. The molecule has 1 unspecified atom stereocenters. The molecular weight excluding hydrogens is 416 g/mol. The topological polar surface area (TPSA) is 126 Å². The fourth-order valence-electron chi connectivity index (χ4n) is 3.14. The SMILES string of the molecule is COCCNC(=O)c1cccc(NC(=O)CN2CCNC(=O)C2CC(=O)OCC(C)C)c1. The van der Waals surface area contributed by atoms with Gasteiger partial charge in [-0.15, -0.1) is 0 Å². The number of nitrogens with one attached hydrogen (secondary N) is 3. The third-order valence-electron chi connectivity index (χ3n) is 4.73. The van der Waals surface area contributed by atoms with E-state index in [9.17, 15) is 19.2 Å². The van der Waals surface area contributed by atoms with Gasteiger partial charge in [-0.1, -0.05) is 19.9 Å². The normalized spacial score (nSPS) is 16.4. The Labute approximate surface area is 188 Å². The Morgan fingerprint density at radius 2 is 2.06 bits per heavy atom. The van der Waals surface area contributed by atoms with Gasteiger partial charge in [0.05, 0.1) is 26.2 Å². The Hall–Kier alpha value is -2.98. The Kier molecular flexibility index (Phi) is 10.1. The number of piperazine rings is 1. The molecule has 1 aromatic rings. The second-order valence-electron chi connectivity index (χ2n) is 7.94. The average Bonchev–Trinajstić information content (AvgIpc) is 2.75. The summed E-state index contributed by atoms with van der Waals surface area (Å²) >= 11 is 0. The van der Waals surface area contributed by atoms with Gasteiger partial charge in [0.1, 0.15) is 6.04 Å². The van der Waals surface area contributed by atoms with E-state index in [0.29, 0.717) is 37.5 Å². The third-order valence-corrected chi connectivity index (χ3v) is 4.73. The van der Waals surface area contributed by atoms with Gasteiger partial charge >= 0.3 is 5.97 Å². The number of hydrogen-bond donors (Lipinski definition) is 3. The first-order valence-electron chi connectivity index (χ1n) is 10.6. The summed E-state index contributed by atoms with van der Waals surface area (Å²) in [6.45, 7) is 5.67. The van der Waals surface area contributed by atoms with Crippen LogP contribution in [0.5, 0.6) is 0 Å². The highest BCUT2D eigenvalue weighted by atomic mass is 16.5. The molecule has 3 amide bonds. The van der Waals surface area contributed by atoms with Crippen molar-refractivity contribution < 1.29 is 28.7 Å². The molecule has 1 aliphatic rings. The van der Waals surface area contributed by atoms with Gasteiger partial charge in [-0.2, -0.15) is 0 Å². The molecule has 1 heterocycles. The third kappa shape index (κ3) is 8.27. The number of methoxy groups -OCH3 is 1. The largest absolute Gasteiger partial charge is 0.465 e. The van der Waals surface area contributed by atoms with Crippen LogP contribution in [0.4, 0.5) is 5.69 Å². The molecule has 1 fully saturated rings. The predicted octanol–water partition coefficient (Wildman–Crippen LogP) is 0.391. The second-order valence-corrected chi connectivity index (χ2v) is 7.94. The first kappa shape index (κ1) is 25.3. The average molecular weight is 449 g/mol. The highest BCUT2D eigenvalue weighted by Gasteiger charge is 2.33. The molecule has 2 rings (SSSR count). The maximum atomic E-state index is 12.6. The summed E-state index contributed by atoms with van der Waals surface area (Å²) in [5.74, 6) is -1.21. The maximum Gasteiger partial charge on any atom is 0.307 e. The minimum absolute atomic E-state index is 0.0696. The summed E-state index contributed by atoms with van der Waals surface area (Å²) < 4.78 is 10.1. The molecule has 1 atom stereocenters. The molecule has 3 N–H and O–H groups in total. The van der Waals surface area contributed by atoms with E-state index in [-0.39, 0.29) is 43.2 Å². The van der Waals surface area contributed by atoms with Crippen molar-refractivity contribution in [2.24, 2.45) is 5.92 Å². The molecule has 0 radical (unpaired) electrons. The van der Waals surface area contributed by atoms with Crippen molar-refractivity contribution in [2.75, 3.05) is 51.8 Å². The number of carbonyl (C=O) groups is 4. The molecule has 176 valence electrons. The van der Waals surface area contributed by atoms with Crippen LogP contribution in [-0.2, 0) is 23.9 Å². The van der Waals surface area contributed by atoms with Crippen molar-refractivity contribution in [3.05, 3.63) is 29.8 Å². The number of carbonyl (C=O) groups excluding carboxylic acids is 4. The fourth-order valence-corrected chi connectivity index (χ4v) is 3.14. The molecule has 0 aromatic heterocycles. The summed E-state index contributed by atoms with van der Waals surface area (Å²) in [5.41, 5.74) is 0.866. The summed E-state index contributed by atoms with van der Waals surface area (Å²) in [7, 11) is 1.55. The van der Waals surface area contributed by atoms with Crippen molar-refractivity contribution in [1.82, 2.24) is 15.5 Å². The number of anilines is 1. The lowest BCUT2D eigenvalue weighted by molar-refractivity contribution is -0.149. The first-order valence-corrected chi connectivity index (χ1v) is 10.6. The zero-order valence-electron chi connectivity index (χ0n) is 18.8. The molecule has 0 bridgehead atoms. The highest BCUT2D eigenvalue weighted by molar-refractivity contribution is 5.98. The van der Waals surface area contributed by atoms with E-state index >= 15 is 0 Å². The van der Waals surface area contributed by atoms with E-state index in [4.69, 9.17) is 9.47 Å². The minimum Gasteiger partial charge on any atom is -0.465 e. The van der Waals surface area contributed by atoms with Crippen molar-refractivity contribution in [1.29, 1.82) is 0 Å². The number of hydrogen-bond acceptors (Lipinski definition) is 7. The predicted molar refractivity (Wildman–Crippen MR) is 118 cm³/mol. The van der Waals surface area contributed by atoms with Crippen molar-refractivity contribution in [2.45, 2.75) is 26.3 Å². The molecule has 1 aromatic carbocycles. The van der Waals surface area contributed by atoms with Crippen LogP contribution in [-0.4, -0.2) is 81.1 Å². The van der Waals surface area contributed by atoms with Crippen molar-refractivity contribution in [3.8, 4) is 0 Å². The zero-order chi connectivity index (χ0) is 23.5. The smallest absolute Gasteiger partial charge is 0.307 e. The number of nitrogens with zero attached hydrogens (tertiary/aromatic N) is 1. The fraction of sp³-hybridized carbons (Fsp3) is 0.545. The van der Waals surface area contributed by atoms with Crippen LogP contribution < -0.4 is 16.0 Å². The van der Waals surface area contributed by atoms with Gasteiger partial charge in [0.15, 0.2) is 0 Å². The molecule has 10 heteroatoms. The van der Waals surface area contributed by atoms with E-state index in [1.165, 1.54) is 0 Å². The van der Waals surface area contributed by atoms with Gasteiger partial charge in [-0.05, 0) is 24.1 Å². The summed E-state index contributed by atoms with van der Waals surface area (Å²) in [6.07, 6.45) is -0.122. The summed E-state index contributed by atoms with van der Waals surface area (Å²) in [6, 6.07) is 5.79. The van der Waals surface area contributed by atoms with Gasteiger partial charge in [0.2, 0.25) is 11.8 Å². The van der Waals surface area contributed by atoms with Crippen LogP contribution in [0, 0.1) is 5.92 Å². The zero-order valence-corrected chi connectivity index (χ0v) is 18.8. The molecule has 32 heavy (non-hydrogen) atoms. The van der Waals surface area contributed by atoms with Gasteiger partial charge in [-0.25, -0.2) is 0 Å². The van der Waals surface area contributed by atoms with Gasteiger partial charge in [0.25, 0.3) is 5.91 Å². The van der Waals surface area contributed by atoms with E-state index in [1.54, 1.807) is 36.3 Å². The number of rotatable bonds is 11. The number of ether oxygens (including phenoxy) is 2. The van der Waals surface area contributed by atoms with E-state index in [2.05, 4.69) is 16.0 Å². The lowest BCUT2D eigenvalue weighted by atomic mass is 10.1. The van der Waals surface area contributed by atoms with E-state index in [0.717, 1.165) is 0 Å². The van der Waals surface area contributed by atoms with Gasteiger partial charge in [-0.3, -0.25) is 24.1 Å². The van der Waals surface area contributed by atoms with Crippen LogP contribution >= 0.6 is 0 Å². The van der Waals surface area contributed by atoms with E-state index in [1.807, 2.05) is 13.8 Å². The van der Waals surface area contributed by atoms with Gasteiger partial charge < -0.3 is 25.4 Å². The molecule has 10 nitrogen and oxygen atoms in total. The van der Waals surface area contributed by atoms with Crippen molar-refractivity contribution >= 4 is 29.4 Å². The molecule has 0 aliphatic carbocycles. The monoisotopic (exact) mass is 448 g/mol. The molecule has 1 saturated heterocycles. The summed E-state index contributed by atoms with van der Waals surface area (Å²) in [5, 5.41) is 8.19. The number of esters is 1. The van der Waals surface area contributed by atoms with E-state index < -0.39 is 12.0 Å². The molecule has 0 saturated carbocycles. The lowest BCUT2D eigenvalue weighted by Gasteiger charge is -2.33. The lowest BCUT2D eigenvalue weighted by Crippen LogP contribution is -2.57. The Bertz CT molecular complexity index is 813. The van der Waals surface area contributed by atoms with Crippen molar-refractivity contribution in [3.63, 3.8) is 0 Å². The summed E-state index contributed by atoms with van der Waals surface area (Å²) in [4.78, 5) is 50.8. The Morgan fingerprint density at radius 1 is 1.28 bits per heavy atom. The van der Waals surface area contributed by atoms with Crippen LogP contribution in [0.25, 0.3) is 0 Å². The van der Waals surface area contributed by atoms with Crippen LogP contribution in [0.15, 0.2) is 24.3 Å². The second kappa shape index (κ2) is 12.8. The van der Waals surface area contributed by atoms with Crippen LogP contribution in [0.3, 0.4) is 0 Å². The first-order chi connectivity index (χ1) is 15.3. The maximum absolute atomic E-state index is 12.6. The Balaban J connectivity index is 1.95. The molecule has 1 aliphatic heterocycles. The number of amides is 3. The highest BCUT2D eigenvalue weighted by Crippen LogP contribution is 2.13. The molecule has 0 spiro atoms. The standard InChI is InChI=1S/C22H32N4O6/c1-15(2)14-32-20(28)12-18-22(30)23-7-9-26(18)13-19(27)25-17-6-4-5-16(11-17)21(29)24-8-10-31-3/h4-6,11,15,18H,7-10,12-14H2,1-3H3,(H,23,30)(H,24,29)(H,25,27). The minimum atomic E-state index is -0.771. The van der Waals surface area contributed by atoms with Crippen LogP contribution in [0.1, 0.15) is 30.6 Å². The quantitative estimate of drug-likeness (QED) is 0.330. The van der Waals surface area contributed by atoms with Crippen LogP contribution in [0.2, 0.25) is 0 Å².